The van der Waals surface area contributed by atoms with E-state index in [0.29, 0.717) is 0 Å². The van der Waals surface area contributed by atoms with Crippen LogP contribution in [0.1, 0.15) is 64.7 Å². The van der Waals surface area contributed by atoms with E-state index in [1.54, 1.807) is 6.08 Å². The molecule has 0 aliphatic carbocycles. The molecule has 0 rings (SSSR count). The standard InChI is InChI=1S/C22H34O3/c1-2-3-4-5-6-7-8-9-10-11-12-13-14-15-16-17-18-19-20-21(23)22(24)25/h3-4,7-8,10-11,14-15,18-19,21,23H,2,5-6,9,12-13,16-17,20H2,1H3,(H,24,25). The first kappa shape index (κ1) is 23.1. The predicted molar refractivity (Wildman–Crippen MR) is 107 cm³/mol. The van der Waals surface area contributed by atoms with Gasteiger partial charge in [-0.2, -0.15) is 0 Å². The van der Waals surface area contributed by atoms with E-state index in [1.807, 2.05) is 6.08 Å². The van der Waals surface area contributed by atoms with Crippen LogP contribution >= 0.6 is 0 Å². The fourth-order valence-electron chi connectivity index (χ4n) is 2.05. The minimum atomic E-state index is -1.29. The largest absolute Gasteiger partial charge is 0.479 e. The third-order valence-electron chi connectivity index (χ3n) is 3.49. The molecular formula is C22H34O3. The molecule has 25 heavy (non-hydrogen) atoms. The van der Waals surface area contributed by atoms with Crippen LogP contribution in [0, 0.1) is 0 Å². The van der Waals surface area contributed by atoms with Gasteiger partial charge in [0.05, 0.1) is 0 Å². The first-order valence-corrected chi connectivity index (χ1v) is 9.34. The van der Waals surface area contributed by atoms with Crippen LogP contribution in [0.15, 0.2) is 60.8 Å². The van der Waals surface area contributed by atoms with Gasteiger partial charge in [-0.3, -0.25) is 0 Å². The van der Waals surface area contributed by atoms with Gasteiger partial charge in [0.15, 0.2) is 6.10 Å². The van der Waals surface area contributed by atoms with Gasteiger partial charge < -0.3 is 10.2 Å². The monoisotopic (exact) mass is 346 g/mol. The SMILES string of the molecule is CCC=CCCC=CCC=CCCC=CCCC=CCC(O)C(=O)O. The lowest BCUT2D eigenvalue weighted by Gasteiger charge is -1.98. The Morgan fingerprint density at radius 2 is 1.12 bits per heavy atom. The van der Waals surface area contributed by atoms with Crippen molar-refractivity contribution in [3.8, 4) is 0 Å². The summed E-state index contributed by atoms with van der Waals surface area (Å²) in [5, 5.41) is 17.6. The number of unbranched alkanes of at least 4 members (excludes halogenated alkanes) is 3. The van der Waals surface area contributed by atoms with E-state index >= 15 is 0 Å². The van der Waals surface area contributed by atoms with Crippen molar-refractivity contribution in [2.24, 2.45) is 0 Å². The van der Waals surface area contributed by atoms with Gasteiger partial charge in [-0.05, 0) is 51.4 Å². The molecule has 0 aromatic carbocycles. The molecule has 0 saturated carbocycles. The molecular weight excluding hydrogens is 312 g/mol. The summed E-state index contributed by atoms with van der Waals surface area (Å²) in [4.78, 5) is 10.4. The third-order valence-corrected chi connectivity index (χ3v) is 3.49. The van der Waals surface area contributed by atoms with Gasteiger partial charge in [0.1, 0.15) is 0 Å². The Morgan fingerprint density at radius 3 is 1.56 bits per heavy atom. The van der Waals surface area contributed by atoms with Crippen molar-refractivity contribution < 1.29 is 15.0 Å². The second-order valence-corrected chi connectivity index (χ2v) is 5.82. The van der Waals surface area contributed by atoms with E-state index in [0.717, 1.165) is 51.4 Å². The van der Waals surface area contributed by atoms with Crippen molar-refractivity contribution in [2.45, 2.75) is 70.8 Å². The molecule has 2 N–H and O–H groups in total. The van der Waals surface area contributed by atoms with Crippen LogP contribution in [0.5, 0.6) is 0 Å². The van der Waals surface area contributed by atoms with Crippen molar-refractivity contribution in [1.29, 1.82) is 0 Å². The van der Waals surface area contributed by atoms with Crippen molar-refractivity contribution in [3.05, 3.63) is 60.8 Å². The number of aliphatic carboxylic acids is 1. The molecule has 0 aliphatic heterocycles. The zero-order chi connectivity index (χ0) is 18.6. The topological polar surface area (TPSA) is 57.5 Å². The first-order valence-electron chi connectivity index (χ1n) is 9.34. The third kappa shape index (κ3) is 18.3. The molecule has 0 fully saturated rings. The second-order valence-electron chi connectivity index (χ2n) is 5.82. The smallest absolute Gasteiger partial charge is 0.332 e. The summed E-state index contributed by atoms with van der Waals surface area (Å²) in [6.07, 6.45) is 28.5. The maximum Gasteiger partial charge on any atom is 0.332 e. The van der Waals surface area contributed by atoms with Gasteiger partial charge in [-0.25, -0.2) is 4.79 Å². The van der Waals surface area contributed by atoms with Crippen LogP contribution in [0.25, 0.3) is 0 Å². The van der Waals surface area contributed by atoms with E-state index in [-0.39, 0.29) is 6.42 Å². The summed E-state index contributed by atoms with van der Waals surface area (Å²) in [6.45, 7) is 2.15. The van der Waals surface area contributed by atoms with Crippen LogP contribution in [0.2, 0.25) is 0 Å². The minimum absolute atomic E-state index is 0.174. The number of rotatable bonds is 15. The Labute approximate surface area is 153 Å². The van der Waals surface area contributed by atoms with Crippen molar-refractivity contribution in [1.82, 2.24) is 0 Å². The number of carbonyl (C=O) groups is 1. The summed E-state index contributed by atoms with van der Waals surface area (Å²) in [5.74, 6) is -1.17. The van der Waals surface area contributed by atoms with Gasteiger partial charge in [-0.15, -0.1) is 0 Å². The van der Waals surface area contributed by atoms with Crippen LogP contribution < -0.4 is 0 Å². The maximum absolute atomic E-state index is 10.4. The van der Waals surface area contributed by atoms with Crippen molar-refractivity contribution in [3.63, 3.8) is 0 Å². The fourth-order valence-corrected chi connectivity index (χ4v) is 2.05. The zero-order valence-electron chi connectivity index (χ0n) is 15.5. The van der Waals surface area contributed by atoms with Gasteiger partial charge in [0, 0.05) is 6.42 Å². The normalized spacial score (nSPS) is 14.0. The number of hydrogen-bond donors (Lipinski definition) is 2. The highest BCUT2D eigenvalue weighted by molar-refractivity contribution is 5.72. The lowest BCUT2D eigenvalue weighted by Crippen LogP contribution is -2.17. The molecule has 0 aromatic heterocycles. The van der Waals surface area contributed by atoms with Gasteiger partial charge in [0.25, 0.3) is 0 Å². The molecule has 0 bridgehead atoms. The highest BCUT2D eigenvalue weighted by Gasteiger charge is 2.09. The van der Waals surface area contributed by atoms with Crippen LogP contribution in [0.3, 0.4) is 0 Å². The van der Waals surface area contributed by atoms with Crippen LogP contribution in [0.4, 0.5) is 0 Å². The summed E-state index contributed by atoms with van der Waals surface area (Å²) < 4.78 is 0. The predicted octanol–water partition coefficient (Wildman–Crippen LogP) is 5.74. The highest BCUT2D eigenvalue weighted by atomic mass is 16.4. The van der Waals surface area contributed by atoms with E-state index in [9.17, 15) is 4.79 Å². The Balaban J connectivity index is 3.48. The molecule has 0 aromatic rings. The number of aliphatic hydroxyl groups excluding tert-OH is 1. The molecule has 0 aliphatic rings. The summed E-state index contributed by atoms with van der Waals surface area (Å²) in [6, 6.07) is 0. The number of carboxylic acids is 1. The van der Waals surface area contributed by atoms with Crippen LogP contribution in [-0.4, -0.2) is 22.3 Å². The van der Waals surface area contributed by atoms with Crippen molar-refractivity contribution in [2.75, 3.05) is 0 Å². The van der Waals surface area contributed by atoms with Crippen molar-refractivity contribution >= 4 is 5.97 Å². The zero-order valence-corrected chi connectivity index (χ0v) is 15.5. The number of carboxylic acid groups (broad SMARTS) is 1. The molecule has 0 saturated heterocycles. The quantitative estimate of drug-likeness (QED) is 0.293. The van der Waals surface area contributed by atoms with Gasteiger partial charge in [-0.1, -0.05) is 67.7 Å². The van der Waals surface area contributed by atoms with Crippen LogP contribution in [-0.2, 0) is 4.79 Å². The number of allylic oxidation sites excluding steroid dienone is 9. The summed E-state index contributed by atoms with van der Waals surface area (Å²) >= 11 is 0. The summed E-state index contributed by atoms with van der Waals surface area (Å²) in [5.41, 5.74) is 0. The van der Waals surface area contributed by atoms with Gasteiger partial charge >= 0.3 is 5.97 Å². The first-order chi connectivity index (χ1) is 12.2. The lowest BCUT2D eigenvalue weighted by atomic mass is 10.2. The molecule has 3 nitrogen and oxygen atoms in total. The molecule has 0 heterocycles. The molecule has 1 unspecified atom stereocenters. The Hall–Kier alpha value is -1.87. The van der Waals surface area contributed by atoms with E-state index in [4.69, 9.17) is 10.2 Å². The number of aliphatic hydroxyl groups is 1. The number of hydrogen-bond acceptors (Lipinski definition) is 2. The molecule has 3 heteroatoms. The molecule has 0 amide bonds. The fraction of sp³-hybridized carbons (Fsp3) is 0.500. The highest BCUT2D eigenvalue weighted by Crippen LogP contribution is 2.01. The molecule has 140 valence electrons. The lowest BCUT2D eigenvalue weighted by molar-refractivity contribution is -0.146. The summed E-state index contributed by atoms with van der Waals surface area (Å²) in [7, 11) is 0. The second kappa shape index (κ2) is 18.5. The minimum Gasteiger partial charge on any atom is -0.479 e. The van der Waals surface area contributed by atoms with E-state index < -0.39 is 12.1 Å². The average molecular weight is 347 g/mol. The Morgan fingerprint density at radius 1 is 0.720 bits per heavy atom. The Bertz CT molecular complexity index is 456. The van der Waals surface area contributed by atoms with E-state index in [1.165, 1.54) is 0 Å². The van der Waals surface area contributed by atoms with Gasteiger partial charge in [0.2, 0.25) is 0 Å². The maximum atomic E-state index is 10.4. The molecule has 1 atom stereocenters. The average Bonchev–Trinajstić information content (AvgIpc) is 2.60. The Kier molecular flexibility index (Phi) is 17.1. The molecule has 0 radical (unpaired) electrons. The van der Waals surface area contributed by atoms with E-state index in [2.05, 4.69) is 55.5 Å². The molecule has 0 spiro atoms.